The van der Waals surface area contributed by atoms with E-state index in [0.29, 0.717) is 19.7 Å². The Kier molecular flexibility index (Phi) is 6.63. The van der Waals surface area contributed by atoms with E-state index in [1.165, 1.54) is 0 Å². The molecule has 1 aromatic carbocycles. The summed E-state index contributed by atoms with van der Waals surface area (Å²) < 4.78 is 5.41. The van der Waals surface area contributed by atoms with Gasteiger partial charge in [-0.1, -0.05) is 24.3 Å². The van der Waals surface area contributed by atoms with Crippen LogP contribution in [0.2, 0.25) is 0 Å². The SMILES string of the molecule is C=CCN(Cc1cccs1)C(=O)/C=C/c1ccc(OCC)cc1. The monoisotopic (exact) mass is 327 g/mol. The maximum absolute atomic E-state index is 12.4. The summed E-state index contributed by atoms with van der Waals surface area (Å²) in [7, 11) is 0. The molecule has 0 saturated carbocycles. The Bertz CT molecular complexity index is 645. The number of carbonyl (C=O) groups is 1. The van der Waals surface area contributed by atoms with Gasteiger partial charge in [0.2, 0.25) is 5.91 Å². The van der Waals surface area contributed by atoms with Gasteiger partial charge in [0.25, 0.3) is 0 Å². The molecule has 0 N–H and O–H groups in total. The van der Waals surface area contributed by atoms with Crippen LogP contribution in [0, 0.1) is 0 Å². The lowest BCUT2D eigenvalue weighted by Crippen LogP contribution is -2.28. The first-order chi connectivity index (χ1) is 11.2. The Hall–Kier alpha value is -2.33. The first kappa shape index (κ1) is 17.0. The zero-order valence-electron chi connectivity index (χ0n) is 13.3. The molecular weight excluding hydrogens is 306 g/mol. The normalized spacial score (nSPS) is 10.7. The molecule has 23 heavy (non-hydrogen) atoms. The summed E-state index contributed by atoms with van der Waals surface area (Å²) in [6.45, 7) is 7.47. The van der Waals surface area contributed by atoms with Gasteiger partial charge in [0, 0.05) is 17.5 Å². The number of rotatable bonds is 8. The van der Waals surface area contributed by atoms with Gasteiger partial charge in [-0.15, -0.1) is 17.9 Å². The summed E-state index contributed by atoms with van der Waals surface area (Å²) >= 11 is 1.65. The molecule has 0 aliphatic rings. The number of hydrogen-bond acceptors (Lipinski definition) is 3. The predicted molar refractivity (Wildman–Crippen MR) is 96.6 cm³/mol. The van der Waals surface area contributed by atoms with Crippen LogP contribution < -0.4 is 4.74 Å². The highest BCUT2D eigenvalue weighted by Gasteiger charge is 2.10. The molecule has 1 amide bonds. The van der Waals surface area contributed by atoms with Crippen molar-refractivity contribution in [2.24, 2.45) is 0 Å². The van der Waals surface area contributed by atoms with Crippen LogP contribution in [-0.4, -0.2) is 24.0 Å². The van der Waals surface area contributed by atoms with E-state index < -0.39 is 0 Å². The molecule has 0 aliphatic heterocycles. The zero-order valence-corrected chi connectivity index (χ0v) is 14.1. The van der Waals surface area contributed by atoms with Gasteiger partial charge in [-0.25, -0.2) is 0 Å². The quantitative estimate of drug-likeness (QED) is 0.532. The molecule has 0 unspecified atom stereocenters. The van der Waals surface area contributed by atoms with E-state index in [-0.39, 0.29) is 5.91 Å². The summed E-state index contributed by atoms with van der Waals surface area (Å²) in [4.78, 5) is 15.3. The van der Waals surface area contributed by atoms with Crippen LogP contribution in [-0.2, 0) is 11.3 Å². The van der Waals surface area contributed by atoms with Crippen LogP contribution in [0.4, 0.5) is 0 Å². The van der Waals surface area contributed by atoms with Crippen molar-refractivity contribution < 1.29 is 9.53 Å². The zero-order chi connectivity index (χ0) is 16.5. The number of carbonyl (C=O) groups excluding carboxylic acids is 1. The smallest absolute Gasteiger partial charge is 0.247 e. The van der Waals surface area contributed by atoms with E-state index in [0.717, 1.165) is 16.2 Å². The lowest BCUT2D eigenvalue weighted by Gasteiger charge is -2.18. The highest BCUT2D eigenvalue weighted by atomic mass is 32.1. The molecule has 2 aromatic rings. The number of benzene rings is 1. The van der Waals surface area contributed by atoms with Gasteiger partial charge < -0.3 is 9.64 Å². The molecule has 3 nitrogen and oxygen atoms in total. The molecule has 2 rings (SSSR count). The average molecular weight is 327 g/mol. The van der Waals surface area contributed by atoms with Gasteiger partial charge in [-0.3, -0.25) is 4.79 Å². The minimum absolute atomic E-state index is 0.0211. The molecule has 120 valence electrons. The van der Waals surface area contributed by atoms with E-state index in [9.17, 15) is 4.79 Å². The van der Waals surface area contributed by atoms with Crippen LogP contribution in [0.3, 0.4) is 0 Å². The van der Waals surface area contributed by atoms with E-state index in [1.54, 1.807) is 28.4 Å². The fraction of sp³-hybridized carbons (Fsp3) is 0.211. The molecule has 0 aliphatic carbocycles. The summed E-state index contributed by atoms with van der Waals surface area (Å²) in [6.07, 6.45) is 5.17. The maximum Gasteiger partial charge on any atom is 0.247 e. The molecule has 0 spiro atoms. The van der Waals surface area contributed by atoms with Crippen molar-refractivity contribution in [3.63, 3.8) is 0 Å². The van der Waals surface area contributed by atoms with Gasteiger partial charge in [0.1, 0.15) is 5.75 Å². The van der Waals surface area contributed by atoms with Crippen LogP contribution in [0.15, 0.2) is 60.5 Å². The molecule has 0 bridgehead atoms. The van der Waals surface area contributed by atoms with Gasteiger partial charge in [-0.05, 0) is 42.1 Å². The Balaban J connectivity index is 2.00. The van der Waals surface area contributed by atoms with Crippen molar-refractivity contribution in [3.8, 4) is 5.75 Å². The van der Waals surface area contributed by atoms with Crippen LogP contribution in [0.25, 0.3) is 6.08 Å². The van der Waals surface area contributed by atoms with Crippen molar-refractivity contribution in [2.75, 3.05) is 13.2 Å². The second-order valence-electron chi connectivity index (χ2n) is 4.92. The average Bonchev–Trinajstić information content (AvgIpc) is 3.07. The molecule has 0 saturated heterocycles. The number of hydrogen-bond donors (Lipinski definition) is 0. The highest BCUT2D eigenvalue weighted by Crippen LogP contribution is 2.15. The lowest BCUT2D eigenvalue weighted by atomic mass is 10.2. The van der Waals surface area contributed by atoms with Crippen LogP contribution in [0.1, 0.15) is 17.4 Å². The Labute approximate surface area is 141 Å². The lowest BCUT2D eigenvalue weighted by molar-refractivity contribution is -0.126. The fourth-order valence-electron chi connectivity index (χ4n) is 2.09. The summed E-state index contributed by atoms with van der Waals surface area (Å²) in [5.41, 5.74) is 0.969. The van der Waals surface area contributed by atoms with Crippen LogP contribution >= 0.6 is 11.3 Å². The standard InChI is InChI=1S/C19H21NO2S/c1-3-13-20(15-18-6-5-14-23-18)19(21)12-9-16-7-10-17(11-8-16)22-4-2/h3,5-12,14H,1,4,13,15H2,2H3/b12-9+. The molecule has 0 radical (unpaired) electrons. The fourth-order valence-corrected chi connectivity index (χ4v) is 2.81. The molecule has 1 aromatic heterocycles. The van der Waals surface area contributed by atoms with Gasteiger partial charge in [-0.2, -0.15) is 0 Å². The van der Waals surface area contributed by atoms with E-state index in [2.05, 4.69) is 6.58 Å². The first-order valence-electron chi connectivity index (χ1n) is 7.56. The number of nitrogens with zero attached hydrogens (tertiary/aromatic N) is 1. The van der Waals surface area contributed by atoms with E-state index >= 15 is 0 Å². The van der Waals surface area contributed by atoms with Gasteiger partial charge in [0.05, 0.1) is 13.2 Å². The largest absolute Gasteiger partial charge is 0.494 e. The Morgan fingerprint density at radius 2 is 2.09 bits per heavy atom. The third-order valence-corrected chi connectivity index (χ3v) is 4.06. The molecule has 4 heteroatoms. The third-order valence-electron chi connectivity index (χ3n) is 3.20. The van der Waals surface area contributed by atoms with E-state index in [4.69, 9.17) is 4.74 Å². The minimum atomic E-state index is -0.0211. The molecule has 0 atom stereocenters. The molecular formula is C19H21NO2S. The first-order valence-corrected chi connectivity index (χ1v) is 8.44. The second kappa shape index (κ2) is 8.96. The molecule has 1 heterocycles. The molecule has 0 fully saturated rings. The minimum Gasteiger partial charge on any atom is -0.494 e. The topological polar surface area (TPSA) is 29.5 Å². The van der Waals surface area contributed by atoms with E-state index in [1.807, 2.05) is 54.8 Å². The van der Waals surface area contributed by atoms with Gasteiger partial charge in [0.15, 0.2) is 0 Å². The van der Waals surface area contributed by atoms with Crippen molar-refractivity contribution in [2.45, 2.75) is 13.5 Å². The number of thiophene rings is 1. The maximum atomic E-state index is 12.4. The van der Waals surface area contributed by atoms with Crippen molar-refractivity contribution in [1.29, 1.82) is 0 Å². The summed E-state index contributed by atoms with van der Waals surface area (Å²) in [5, 5.41) is 2.02. The van der Waals surface area contributed by atoms with Crippen molar-refractivity contribution in [1.82, 2.24) is 4.90 Å². The predicted octanol–water partition coefficient (Wildman–Crippen LogP) is 4.37. The highest BCUT2D eigenvalue weighted by molar-refractivity contribution is 7.09. The van der Waals surface area contributed by atoms with Crippen molar-refractivity contribution >= 4 is 23.3 Å². The van der Waals surface area contributed by atoms with Gasteiger partial charge >= 0.3 is 0 Å². The number of ether oxygens (including phenoxy) is 1. The second-order valence-corrected chi connectivity index (χ2v) is 5.95. The van der Waals surface area contributed by atoms with Crippen molar-refractivity contribution in [3.05, 3.63) is 70.9 Å². The Morgan fingerprint density at radius 3 is 2.70 bits per heavy atom. The number of amides is 1. The Morgan fingerprint density at radius 1 is 1.30 bits per heavy atom. The summed E-state index contributed by atoms with van der Waals surface area (Å²) in [5.74, 6) is 0.814. The third kappa shape index (κ3) is 5.42. The van der Waals surface area contributed by atoms with Crippen LogP contribution in [0.5, 0.6) is 5.75 Å². The summed E-state index contributed by atoms with van der Waals surface area (Å²) in [6, 6.07) is 11.7.